The van der Waals surface area contributed by atoms with Crippen molar-refractivity contribution in [3.05, 3.63) is 41.0 Å². The zero-order valence-electron chi connectivity index (χ0n) is 11.8. The van der Waals surface area contributed by atoms with Gasteiger partial charge in [0, 0.05) is 13.7 Å². The van der Waals surface area contributed by atoms with Gasteiger partial charge in [-0.15, -0.1) is 0 Å². The minimum atomic E-state index is 0.673. The molecular formula is C16H25NO. The molecule has 0 spiro atoms. The molecule has 1 aromatic rings. The fourth-order valence-electron chi connectivity index (χ4n) is 1.89. The second-order valence-electron chi connectivity index (χ2n) is 4.46. The van der Waals surface area contributed by atoms with Crippen LogP contribution in [-0.4, -0.2) is 20.2 Å². The summed E-state index contributed by atoms with van der Waals surface area (Å²) in [5.41, 5.74) is 3.96. The number of ether oxygens (including phenoxy) is 1. The summed E-state index contributed by atoms with van der Waals surface area (Å²) >= 11 is 0. The molecule has 0 unspecified atom stereocenters. The van der Waals surface area contributed by atoms with Crippen LogP contribution in [0.2, 0.25) is 0 Å². The molecule has 0 aliphatic heterocycles. The van der Waals surface area contributed by atoms with Crippen molar-refractivity contribution in [1.29, 1.82) is 0 Å². The Morgan fingerprint density at radius 3 is 2.72 bits per heavy atom. The van der Waals surface area contributed by atoms with Crippen molar-refractivity contribution >= 4 is 6.08 Å². The standard InChI is InChI=1S/C16H25NO/c1-4-10-17-12-14(5-2)11-15-8-6-7-9-16(15)13-18-3/h6-9,11,17H,4-5,10,12-13H2,1-3H3. The van der Waals surface area contributed by atoms with E-state index in [-0.39, 0.29) is 0 Å². The van der Waals surface area contributed by atoms with Gasteiger partial charge in [-0.25, -0.2) is 0 Å². The van der Waals surface area contributed by atoms with E-state index in [2.05, 4.69) is 49.5 Å². The quantitative estimate of drug-likeness (QED) is 0.708. The van der Waals surface area contributed by atoms with Gasteiger partial charge in [0.05, 0.1) is 6.61 Å². The Morgan fingerprint density at radius 2 is 2.06 bits per heavy atom. The van der Waals surface area contributed by atoms with Crippen molar-refractivity contribution in [1.82, 2.24) is 5.32 Å². The summed E-state index contributed by atoms with van der Waals surface area (Å²) in [6, 6.07) is 8.43. The topological polar surface area (TPSA) is 21.3 Å². The predicted molar refractivity (Wildman–Crippen MR) is 78.6 cm³/mol. The molecule has 0 fully saturated rings. The normalized spacial score (nSPS) is 11.8. The van der Waals surface area contributed by atoms with Crippen LogP contribution in [0.25, 0.3) is 6.08 Å². The number of nitrogens with one attached hydrogen (secondary N) is 1. The average molecular weight is 247 g/mol. The van der Waals surface area contributed by atoms with Gasteiger partial charge in [0.25, 0.3) is 0 Å². The van der Waals surface area contributed by atoms with E-state index in [0.29, 0.717) is 6.61 Å². The van der Waals surface area contributed by atoms with Crippen LogP contribution in [0.1, 0.15) is 37.8 Å². The Morgan fingerprint density at radius 1 is 1.28 bits per heavy atom. The van der Waals surface area contributed by atoms with Crippen molar-refractivity contribution in [3.8, 4) is 0 Å². The predicted octanol–water partition coefficient (Wildman–Crippen LogP) is 3.63. The second-order valence-corrected chi connectivity index (χ2v) is 4.46. The van der Waals surface area contributed by atoms with Crippen molar-refractivity contribution in [3.63, 3.8) is 0 Å². The highest BCUT2D eigenvalue weighted by molar-refractivity contribution is 5.56. The van der Waals surface area contributed by atoms with Crippen LogP contribution in [-0.2, 0) is 11.3 Å². The highest BCUT2D eigenvalue weighted by Gasteiger charge is 2.00. The molecule has 0 saturated heterocycles. The monoisotopic (exact) mass is 247 g/mol. The zero-order chi connectivity index (χ0) is 13.2. The van der Waals surface area contributed by atoms with Gasteiger partial charge in [-0.1, -0.05) is 49.8 Å². The lowest BCUT2D eigenvalue weighted by atomic mass is 10.0. The Balaban J connectivity index is 2.77. The van der Waals surface area contributed by atoms with Gasteiger partial charge in [-0.2, -0.15) is 0 Å². The molecule has 0 amide bonds. The van der Waals surface area contributed by atoms with E-state index in [9.17, 15) is 0 Å². The maximum atomic E-state index is 5.24. The molecule has 0 aliphatic rings. The number of hydrogen-bond donors (Lipinski definition) is 1. The van der Waals surface area contributed by atoms with Crippen LogP contribution >= 0.6 is 0 Å². The number of benzene rings is 1. The van der Waals surface area contributed by atoms with Gasteiger partial charge in [-0.3, -0.25) is 0 Å². The molecule has 0 heterocycles. The fraction of sp³-hybridized carbons (Fsp3) is 0.500. The van der Waals surface area contributed by atoms with Gasteiger partial charge in [0.2, 0.25) is 0 Å². The van der Waals surface area contributed by atoms with Crippen molar-refractivity contribution < 1.29 is 4.74 Å². The maximum Gasteiger partial charge on any atom is 0.0718 e. The van der Waals surface area contributed by atoms with E-state index in [1.165, 1.54) is 23.1 Å². The molecular weight excluding hydrogens is 222 g/mol. The van der Waals surface area contributed by atoms with Crippen LogP contribution in [0.5, 0.6) is 0 Å². The van der Waals surface area contributed by atoms with Crippen LogP contribution in [0.15, 0.2) is 29.8 Å². The zero-order valence-corrected chi connectivity index (χ0v) is 11.8. The third kappa shape index (κ3) is 5.03. The summed E-state index contributed by atoms with van der Waals surface area (Å²) in [6.45, 7) is 7.13. The van der Waals surface area contributed by atoms with Gasteiger partial charge in [0.1, 0.15) is 0 Å². The first-order chi connectivity index (χ1) is 8.81. The van der Waals surface area contributed by atoms with E-state index in [1.807, 2.05) is 0 Å². The molecule has 0 atom stereocenters. The van der Waals surface area contributed by atoms with Crippen molar-refractivity contribution in [2.75, 3.05) is 20.2 Å². The molecule has 0 aliphatic carbocycles. The Hall–Kier alpha value is -1.12. The Labute approximate surface area is 111 Å². The van der Waals surface area contributed by atoms with E-state index in [4.69, 9.17) is 4.74 Å². The number of hydrogen-bond acceptors (Lipinski definition) is 2. The Kier molecular flexibility index (Phi) is 7.38. The molecule has 1 N–H and O–H groups in total. The van der Waals surface area contributed by atoms with Crippen LogP contribution in [0, 0.1) is 0 Å². The average Bonchev–Trinajstić information content (AvgIpc) is 2.40. The molecule has 0 radical (unpaired) electrons. The largest absolute Gasteiger partial charge is 0.380 e. The first-order valence-corrected chi connectivity index (χ1v) is 6.78. The highest BCUT2D eigenvalue weighted by Crippen LogP contribution is 2.15. The molecule has 1 rings (SSSR count). The number of methoxy groups -OCH3 is 1. The van der Waals surface area contributed by atoms with Gasteiger partial charge >= 0.3 is 0 Å². The molecule has 100 valence electrons. The van der Waals surface area contributed by atoms with Gasteiger partial charge < -0.3 is 10.1 Å². The summed E-state index contributed by atoms with van der Waals surface area (Å²) < 4.78 is 5.24. The Bertz CT molecular complexity index is 371. The molecule has 18 heavy (non-hydrogen) atoms. The SMILES string of the molecule is CCCNCC(=Cc1ccccc1COC)CC. The van der Waals surface area contributed by atoms with E-state index >= 15 is 0 Å². The first kappa shape index (κ1) is 14.9. The minimum Gasteiger partial charge on any atom is -0.380 e. The highest BCUT2D eigenvalue weighted by atomic mass is 16.5. The van der Waals surface area contributed by atoms with Crippen molar-refractivity contribution in [2.45, 2.75) is 33.3 Å². The van der Waals surface area contributed by atoms with E-state index < -0.39 is 0 Å². The lowest BCUT2D eigenvalue weighted by Crippen LogP contribution is -2.17. The molecule has 0 aromatic heterocycles. The molecule has 0 saturated carbocycles. The summed E-state index contributed by atoms with van der Waals surface area (Å²) in [5.74, 6) is 0. The lowest BCUT2D eigenvalue weighted by molar-refractivity contribution is 0.184. The van der Waals surface area contributed by atoms with Crippen molar-refractivity contribution in [2.24, 2.45) is 0 Å². The first-order valence-electron chi connectivity index (χ1n) is 6.78. The van der Waals surface area contributed by atoms with E-state index in [0.717, 1.165) is 19.5 Å². The molecule has 2 heteroatoms. The van der Waals surface area contributed by atoms with Gasteiger partial charge in [0.15, 0.2) is 0 Å². The fourth-order valence-corrected chi connectivity index (χ4v) is 1.89. The summed E-state index contributed by atoms with van der Waals surface area (Å²) in [7, 11) is 1.74. The van der Waals surface area contributed by atoms with Crippen LogP contribution in [0.4, 0.5) is 0 Å². The van der Waals surface area contributed by atoms with Crippen LogP contribution < -0.4 is 5.32 Å². The lowest BCUT2D eigenvalue weighted by Gasteiger charge is -2.09. The third-order valence-electron chi connectivity index (χ3n) is 2.95. The minimum absolute atomic E-state index is 0.673. The summed E-state index contributed by atoms with van der Waals surface area (Å²) in [6.07, 6.45) is 4.55. The third-order valence-corrected chi connectivity index (χ3v) is 2.95. The molecule has 1 aromatic carbocycles. The summed E-state index contributed by atoms with van der Waals surface area (Å²) in [5, 5.41) is 3.46. The van der Waals surface area contributed by atoms with Gasteiger partial charge in [-0.05, 0) is 30.5 Å². The molecule has 0 bridgehead atoms. The smallest absolute Gasteiger partial charge is 0.0718 e. The second kappa shape index (κ2) is 8.90. The maximum absolute atomic E-state index is 5.24. The van der Waals surface area contributed by atoms with Crippen LogP contribution in [0.3, 0.4) is 0 Å². The number of rotatable bonds is 8. The molecule has 2 nitrogen and oxygen atoms in total. The van der Waals surface area contributed by atoms with E-state index in [1.54, 1.807) is 7.11 Å². The summed E-state index contributed by atoms with van der Waals surface area (Å²) in [4.78, 5) is 0.